The van der Waals surface area contributed by atoms with E-state index in [9.17, 15) is 4.39 Å². The van der Waals surface area contributed by atoms with Crippen molar-refractivity contribution < 1.29 is 13.9 Å². The third-order valence-electron chi connectivity index (χ3n) is 3.39. The quantitative estimate of drug-likeness (QED) is 0.626. The third-order valence-corrected chi connectivity index (χ3v) is 3.39. The lowest BCUT2D eigenvalue weighted by Crippen LogP contribution is -2.36. The minimum atomic E-state index is -0.347. The number of benzene rings is 1. The van der Waals surface area contributed by atoms with Crippen molar-refractivity contribution in [3.05, 3.63) is 53.6 Å². The molecule has 0 amide bonds. The van der Waals surface area contributed by atoms with Gasteiger partial charge < -0.3 is 20.1 Å². The number of pyridine rings is 1. The summed E-state index contributed by atoms with van der Waals surface area (Å²) in [6, 6.07) is 8.60. The number of rotatable bonds is 6. The first kappa shape index (κ1) is 17.5. The molecular weight excluding hydrogens is 311 g/mol. The van der Waals surface area contributed by atoms with Gasteiger partial charge in [-0.3, -0.25) is 9.98 Å². The van der Waals surface area contributed by atoms with E-state index in [1.807, 2.05) is 18.2 Å². The number of guanidine groups is 1. The van der Waals surface area contributed by atoms with Crippen molar-refractivity contribution in [3.8, 4) is 11.5 Å². The molecule has 2 aromatic rings. The van der Waals surface area contributed by atoms with E-state index in [1.165, 1.54) is 6.07 Å². The monoisotopic (exact) mass is 332 g/mol. The Morgan fingerprint density at radius 1 is 1.12 bits per heavy atom. The van der Waals surface area contributed by atoms with E-state index in [1.54, 1.807) is 33.5 Å². The maximum absolute atomic E-state index is 13.6. The number of hydrogen-bond donors (Lipinski definition) is 2. The zero-order valence-corrected chi connectivity index (χ0v) is 14.0. The predicted molar refractivity (Wildman–Crippen MR) is 90.8 cm³/mol. The molecule has 0 fully saturated rings. The molecule has 1 heterocycles. The Morgan fingerprint density at radius 3 is 2.54 bits per heavy atom. The van der Waals surface area contributed by atoms with E-state index in [-0.39, 0.29) is 12.4 Å². The van der Waals surface area contributed by atoms with Gasteiger partial charge in [-0.2, -0.15) is 0 Å². The molecule has 0 bridgehead atoms. The molecule has 0 saturated heterocycles. The van der Waals surface area contributed by atoms with Gasteiger partial charge in [-0.1, -0.05) is 6.07 Å². The highest BCUT2D eigenvalue weighted by atomic mass is 19.1. The number of nitrogens with one attached hydrogen (secondary N) is 2. The van der Waals surface area contributed by atoms with E-state index in [0.29, 0.717) is 29.7 Å². The summed E-state index contributed by atoms with van der Waals surface area (Å²) < 4.78 is 24.1. The minimum Gasteiger partial charge on any atom is -0.493 e. The lowest BCUT2D eigenvalue weighted by molar-refractivity contribution is 0.354. The van der Waals surface area contributed by atoms with Gasteiger partial charge in [-0.25, -0.2) is 4.39 Å². The van der Waals surface area contributed by atoms with E-state index >= 15 is 0 Å². The van der Waals surface area contributed by atoms with Crippen LogP contribution in [0.1, 0.15) is 11.3 Å². The summed E-state index contributed by atoms with van der Waals surface area (Å²) >= 11 is 0. The van der Waals surface area contributed by atoms with Crippen molar-refractivity contribution in [3.63, 3.8) is 0 Å². The van der Waals surface area contributed by atoms with Gasteiger partial charge in [0.15, 0.2) is 17.5 Å². The Hall–Kier alpha value is -2.83. The first-order valence-electron chi connectivity index (χ1n) is 7.42. The molecule has 2 rings (SSSR count). The fourth-order valence-electron chi connectivity index (χ4n) is 2.11. The van der Waals surface area contributed by atoms with Crippen LogP contribution in [0, 0.1) is 5.82 Å². The Kier molecular flexibility index (Phi) is 6.36. The predicted octanol–water partition coefficient (Wildman–Crippen LogP) is 2.10. The third kappa shape index (κ3) is 4.58. The average molecular weight is 332 g/mol. The molecule has 24 heavy (non-hydrogen) atoms. The van der Waals surface area contributed by atoms with Crippen LogP contribution in [-0.2, 0) is 13.1 Å². The molecule has 0 aliphatic rings. The van der Waals surface area contributed by atoms with E-state index < -0.39 is 0 Å². The largest absolute Gasteiger partial charge is 0.493 e. The number of hydrogen-bond acceptors (Lipinski definition) is 4. The van der Waals surface area contributed by atoms with Crippen LogP contribution in [0.2, 0.25) is 0 Å². The van der Waals surface area contributed by atoms with Gasteiger partial charge in [0.2, 0.25) is 0 Å². The number of nitrogens with zero attached hydrogens (tertiary/aromatic N) is 2. The topological polar surface area (TPSA) is 67.8 Å². The summed E-state index contributed by atoms with van der Waals surface area (Å²) in [6.45, 7) is 0.781. The van der Waals surface area contributed by atoms with Crippen molar-refractivity contribution in [2.45, 2.75) is 13.1 Å². The first-order chi connectivity index (χ1) is 11.7. The van der Waals surface area contributed by atoms with Gasteiger partial charge >= 0.3 is 0 Å². The lowest BCUT2D eigenvalue weighted by Gasteiger charge is -2.13. The van der Waals surface area contributed by atoms with Gasteiger partial charge in [0.1, 0.15) is 5.82 Å². The van der Waals surface area contributed by atoms with E-state index in [2.05, 4.69) is 20.6 Å². The van der Waals surface area contributed by atoms with E-state index in [0.717, 1.165) is 5.56 Å². The van der Waals surface area contributed by atoms with Crippen molar-refractivity contribution >= 4 is 5.96 Å². The molecule has 0 aliphatic carbocycles. The second-order valence-corrected chi connectivity index (χ2v) is 4.90. The van der Waals surface area contributed by atoms with Crippen molar-refractivity contribution in [1.29, 1.82) is 0 Å². The molecule has 128 valence electrons. The molecule has 7 heteroatoms. The molecule has 0 atom stereocenters. The summed E-state index contributed by atoms with van der Waals surface area (Å²) in [5, 5.41) is 6.18. The Bertz CT molecular complexity index is 707. The SMILES string of the molecule is CN=C(NCc1ccc(OC)c(OC)c1)NCc1ncccc1F. The second kappa shape index (κ2) is 8.71. The summed E-state index contributed by atoms with van der Waals surface area (Å²) in [5.74, 6) is 1.54. The molecule has 0 radical (unpaired) electrons. The highest BCUT2D eigenvalue weighted by Crippen LogP contribution is 2.27. The Balaban J connectivity index is 1.93. The van der Waals surface area contributed by atoms with Gasteiger partial charge in [0.25, 0.3) is 0 Å². The average Bonchev–Trinajstić information content (AvgIpc) is 2.62. The minimum absolute atomic E-state index is 0.248. The standard InChI is InChI=1S/C17H21FN4O2/c1-19-17(22-11-14-13(18)5-4-8-20-14)21-10-12-6-7-15(23-2)16(9-12)24-3/h4-9H,10-11H2,1-3H3,(H2,19,21,22). The highest BCUT2D eigenvalue weighted by molar-refractivity contribution is 5.79. The maximum atomic E-state index is 13.6. The molecule has 0 unspecified atom stereocenters. The van der Waals surface area contributed by atoms with Crippen LogP contribution in [-0.4, -0.2) is 32.2 Å². The summed E-state index contributed by atoms with van der Waals surface area (Å²) in [7, 11) is 4.84. The zero-order valence-electron chi connectivity index (χ0n) is 14.0. The summed E-state index contributed by atoms with van der Waals surface area (Å²) in [6.07, 6.45) is 1.56. The second-order valence-electron chi connectivity index (χ2n) is 4.90. The van der Waals surface area contributed by atoms with Gasteiger partial charge in [0.05, 0.1) is 26.5 Å². The zero-order chi connectivity index (χ0) is 17.4. The Morgan fingerprint density at radius 2 is 1.88 bits per heavy atom. The molecule has 2 N–H and O–H groups in total. The Labute approximate surface area is 140 Å². The summed E-state index contributed by atoms with van der Waals surface area (Å²) in [4.78, 5) is 8.11. The van der Waals surface area contributed by atoms with Crippen molar-refractivity contribution in [2.24, 2.45) is 4.99 Å². The van der Waals surface area contributed by atoms with Gasteiger partial charge in [-0.05, 0) is 29.8 Å². The number of halogens is 1. The molecule has 0 spiro atoms. The van der Waals surface area contributed by atoms with Crippen LogP contribution < -0.4 is 20.1 Å². The fourth-order valence-corrected chi connectivity index (χ4v) is 2.11. The lowest BCUT2D eigenvalue weighted by atomic mass is 10.2. The maximum Gasteiger partial charge on any atom is 0.191 e. The molecule has 0 aliphatic heterocycles. The molecule has 0 saturated carbocycles. The highest BCUT2D eigenvalue weighted by Gasteiger charge is 2.06. The van der Waals surface area contributed by atoms with Crippen molar-refractivity contribution in [2.75, 3.05) is 21.3 Å². The van der Waals surface area contributed by atoms with Crippen LogP contribution >= 0.6 is 0 Å². The van der Waals surface area contributed by atoms with Crippen LogP contribution in [0.5, 0.6) is 11.5 Å². The van der Waals surface area contributed by atoms with Gasteiger partial charge in [0, 0.05) is 19.8 Å². The number of methoxy groups -OCH3 is 2. The fraction of sp³-hybridized carbons (Fsp3) is 0.294. The molecule has 1 aromatic heterocycles. The molecule has 6 nitrogen and oxygen atoms in total. The summed E-state index contributed by atoms with van der Waals surface area (Å²) in [5.41, 5.74) is 1.34. The van der Waals surface area contributed by atoms with Gasteiger partial charge in [-0.15, -0.1) is 0 Å². The number of aromatic nitrogens is 1. The van der Waals surface area contributed by atoms with Crippen molar-refractivity contribution in [1.82, 2.24) is 15.6 Å². The van der Waals surface area contributed by atoms with Crippen LogP contribution in [0.4, 0.5) is 4.39 Å². The molecular formula is C17H21FN4O2. The number of ether oxygens (including phenoxy) is 2. The number of aliphatic imine (C=N–C) groups is 1. The first-order valence-corrected chi connectivity index (χ1v) is 7.42. The normalized spacial score (nSPS) is 11.1. The molecule has 1 aromatic carbocycles. The smallest absolute Gasteiger partial charge is 0.191 e. The van der Waals surface area contributed by atoms with Crippen LogP contribution in [0.15, 0.2) is 41.5 Å². The van der Waals surface area contributed by atoms with Crippen LogP contribution in [0.3, 0.4) is 0 Å². The van der Waals surface area contributed by atoms with E-state index in [4.69, 9.17) is 9.47 Å². The van der Waals surface area contributed by atoms with Crippen LogP contribution in [0.25, 0.3) is 0 Å².